The van der Waals surface area contributed by atoms with E-state index in [9.17, 15) is 4.79 Å². The summed E-state index contributed by atoms with van der Waals surface area (Å²) in [7, 11) is 0. The van der Waals surface area contributed by atoms with Crippen molar-refractivity contribution in [1.82, 2.24) is 9.38 Å². The van der Waals surface area contributed by atoms with Crippen LogP contribution in [0, 0.1) is 13.8 Å². The van der Waals surface area contributed by atoms with Crippen molar-refractivity contribution >= 4 is 22.3 Å². The molecule has 5 nitrogen and oxygen atoms in total. The molecule has 1 aromatic carbocycles. The molecule has 3 aromatic rings. The number of aromatic nitrogens is 2. The molecule has 0 saturated heterocycles. The van der Waals surface area contributed by atoms with Crippen LogP contribution in [0.5, 0.6) is 5.75 Å². The van der Waals surface area contributed by atoms with Crippen molar-refractivity contribution in [1.29, 1.82) is 0 Å². The first-order chi connectivity index (χ1) is 10.5. The molecule has 22 heavy (non-hydrogen) atoms. The molecule has 0 atom stereocenters. The van der Waals surface area contributed by atoms with E-state index in [0.717, 1.165) is 22.6 Å². The fourth-order valence-electron chi connectivity index (χ4n) is 2.46. The summed E-state index contributed by atoms with van der Waals surface area (Å²) in [4.78, 5) is 16.7. The molecule has 0 bridgehead atoms. The number of thiazole rings is 1. The lowest BCUT2D eigenvalue weighted by Crippen LogP contribution is -1.96. The molecule has 3 rings (SSSR count). The maximum atomic E-state index is 11.2. The van der Waals surface area contributed by atoms with E-state index in [1.165, 1.54) is 11.3 Å². The second kappa shape index (κ2) is 5.46. The first-order valence-corrected chi connectivity index (χ1v) is 7.78. The summed E-state index contributed by atoms with van der Waals surface area (Å²) in [6, 6.07) is 5.90. The van der Waals surface area contributed by atoms with E-state index >= 15 is 0 Å². The van der Waals surface area contributed by atoms with Crippen LogP contribution in [0.4, 0.5) is 0 Å². The summed E-state index contributed by atoms with van der Waals surface area (Å²) in [6.07, 6.45) is 1.89. The Labute approximate surface area is 131 Å². The summed E-state index contributed by atoms with van der Waals surface area (Å²) in [6.45, 7) is 6.40. The molecule has 1 N–H and O–H groups in total. The van der Waals surface area contributed by atoms with Crippen molar-refractivity contribution in [2.75, 3.05) is 6.61 Å². The minimum absolute atomic E-state index is 0.331. The number of benzene rings is 1. The summed E-state index contributed by atoms with van der Waals surface area (Å²) in [5.74, 6) is -0.0686. The highest BCUT2D eigenvalue weighted by Gasteiger charge is 2.17. The molecule has 0 saturated carbocycles. The number of nitrogens with zero attached hydrogens (tertiary/aromatic N) is 2. The SMILES string of the molecule is CCOc1ccc(-c2cn3c(C)c(C(=O)O)sc3n2)c(C)c1. The first-order valence-electron chi connectivity index (χ1n) is 6.97. The fourth-order valence-corrected chi connectivity index (χ4v) is 3.41. The van der Waals surface area contributed by atoms with Crippen molar-refractivity contribution in [2.24, 2.45) is 0 Å². The number of carboxylic acid groups (broad SMARTS) is 1. The van der Waals surface area contributed by atoms with Gasteiger partial charge in [-0.25, -0.2) is 9.78 Å². The van der Waals surface area contributed by atoms with Gasteiger partial charge >= 0.3 is 5.97 Å². The minimum Gasteiger partial charge on any atom is -0.494 e. The van der Waals surface area contributed by atoms with Gasteiger partial charge in [0.15, 0.2) is 4.96 Å². The van der Waals surface area contributed by atoms with Gasteiger partial charge in [0.25, 0.3) is 0 Å². The Morgan fingerprint density at radius 2 is 2.18 bits per heavy atom. The number of imidazole rings is 1. The molecular weight excluding hydrogens is 300 g/mol. The summed E-state index contributed by atoms with van der Waals surface area (Å²) in [5.41, 5.74) is 3.64. The summed E-state index contributed by atoms with van der Waals surface area (Å²) in [5, 5.41) is 9.15. The number of hydrogen-bond donors (Lipinski definition) is 1. The van der Waals surface area contributed by atoms with Crippen LogP contribution in [-0.2, 0) is 0 Å². The Morgan fingerprint density at radius 3 is 2.77 bits per heavy atom. The third-order valence-electron chi connectivity index (χ3n) is 3.54. The molecule has 114 valence electrons. The molecule has 2 heterocycles. The number of hydrogen-bond acceptors (Lipinski definition) is 4. The number of aryl methyl sites for hydroxylation is 2. The molecule has 0 unspecified atom stereocenters. The van der Waals surface area contributed by atoms with Gasteiger partial charge in [-0.3, -0.25) is 4.40 Å². The van der Waals surface area contributed by atoms with Crippen LogP contribution in [-0.4, -0.2) is 27.1 Å². The highest BCUT2D eigenvalue weighted by molar-refractivity contribution is 7.19. The van der Waals surface area contributed by atoms with Crippen molar-refractivity contribution in [2.45, 2.75) is 20.8 Å². The van der Waals surface area contributed by atoms with Crippen LogP contribution in [0.25, 0.3) is 16.2 Å². The topological polar surface area (TPSA) is 63.8 Å². The molecule has 0 radical (unpaired) electrons. The van der Waals surface area contributed by atoms with E-state index in [1.54, 1.807) is 6.92 Å². The molecule has 0 amide bonds. The fraction of sp³-hybridized carbons (Fsp3) is 0.250. The number of ether oxygens (including phenoxy) is 1. The van der Waals surface area contributed by atoms with Crippen molar-refractivity contribution < 1.29 is 14.6 Å². The van der Waals surface area contributed by atoms with E-state index in [2.05, 4.69) is 4.98 Å². The van der Waals surface area contributed by atoms with Crippen molar-refractivity contribution in [3.05, 3.63) is 40.5 Å². The minimum atomic E-state index is -0.910. The predicted molar refractivity (Wildman–Crippen MR) is 86.1 cm³/mol. The number of fused-ring (bicyclic) bond motifs is 1. The molecule has 2 aromatic heterocycles. The molecule has 0 aliphatic heterocycles. The number of aromatic carboxylic acids is 1. The van der Waals surface area contributed by atoms with E-state index in [1.807, 2.05) is 42.6 Å². The van der Waals surface area contributed by atoms with Crippen LogP contribution in [0.3, 0.4) is 0 Å². The average molecular weight is 316 g/mol. The zero-order valence-electron chi connectivity index (χ0n) is 12.6. The van der Waals surface area contributed by atoms with Gasteiger partial charge in [0.2, 0.25) is 0 Å². The Hall–Kier alpha value is -2.34. The third-order valence-corrected chi connectivity index (χ3v) is 4.68. The smallest absolute Gasteiger partial charge is 0.347 e. The monoisotopic (exact) mass is 316 g/mol. The van der Waals surface area contributed by atoms with E-state index in [4.69, 9.17) is 9.84 Å². The molecule has 0 spiro atoms. The van der Waals surface area contributed by atoms with Crippen LogP contribution in [0.2, 0.25) is 0 Å². The van der Waals surface area contributed by atoms with Crippen molar-refractivity contribution in [3.63, 3.8) is 0 Å². The number of carboxylic acids is 1. The summed E-state index contributed by atoms with van der Waals surface area (Å²) < 4.78 is 7.33. The third kappa shape index (κ3) is 2.35. The Kier molecular flexibility index (Phi) is 3.62. The van der Waals surface area contributed by atoms with Gasteiger partial charge in [-0.2, -0.15) is 0 Å². The van der Waals surface area contributed by atoms with E-state index in [-0.39, 0.29) is 0 Å². The molecule has 6 heteroatoms. The maximum absolute atomic E-state index is 11.2. The van der Waals surface area contributed by atoms with Gasteiger partial charge in [-0.05, 0) is 44.5 Å². The lowest BCUT2D eigenvalue weighted by atomic mass is 10.1. The molecule has 0 fully saturated rings. The average Bonchev–Trinajstić information content (AvgIpc) is 2.99. The molecule has 0 aliphatic rings. The second-order valence-corrected chi connectivity index (χ2v) is 5.99. The van der Waals surface area contributed by atoms with Gasteiger partial charge in [0, 0.05) is 17.5 Å². The second-order valence-electron chi connectivity index (χ2n) is 5.01. The lowest BCUT2D eigenvalue weighted by Gasteiger charge is -2.07. The van der Waals surface area contributed by atoms with Crippen LogP contribution < -0.4 is 4.74 Å². The normalized spacial score (nSPS) is 11.0. The van der Waals surface area contributed by atoms with Crippen LogP contribution >= 0.6 is 11.3 Å². The van der Waals surface area contributed by atoms with E-state index in [0.29, 0.717) is 22.1 Å². The number of rotatable bonds is 4. The Balaban J connectivity index is 2.05. The molecule has 0 aliphatic carbocycles. The van der Waals surface area contributed by atoms with Crippen molar-refractivity contribution in [3.8, 4) is 17.0 Å². The predicted octanol–water partition coefficient (Wildman–Crippen LogP) is 3.78. The largest absolute Gasteiger partial charge is 0.494 e. The molecular formula is C16H16N2O3S. The standard InChI is InChI=1S/C16H16N2O3S/c1-4-21-11-5-6-12(9(2)7-11)13-8-18-10(3)14(15(19)20)22-16(18)17-13/h5-8H,4H2,1-3H3,(H,19,20). The van der Waals surface area contributed by atoms with E-state index < -0.39 is 5.97 Å². The Morgan fingerprint density at radius 1 is 1.41 bits per heavy atom. The van der Waals surface area contributed by atoms with Gasteiger partial charge in [0.05, 0.1) is 12.3 Å². The Bertz CT molecular complexity index is 864. The van der Waals surface area contributed by atoms with Gasteiger partial charge < -0.3 is 9.84 Å². The van der Waals surface area contributed by atoms with Gasteiger partial charge in [-0.1, -0.05) is 11.3 Å². The zero-order chi connectivity index (χ0) is 15.9. The lowest BCUT2D eigenvalue weighted by molar-refractivity contribution is 0.0701. The van der Waals surface area contributed by atoms with Gasteiger partial charge in [0.1, 0.15) is 10.6 Å². The quantitative estimate of drug-likeness (QED) is 0.795. The first kappa shape index (κ1) is 14.6. The van der Waals surface area contributed by atoms with Crippen LogP contribution in [0.15, 0.2) is 24.4 Å². The zero-order valence-corrected chi connectivity index (χ0v) is 13.4. The highest BCUT2D eigenvalue weighted by atomic mass is 32.1. The maximum Gasteiger partial charge on any atom is 0.347 e. The summed E-state index contributed by atoms with van der Waals surface area (Å²) >= 11 is 1.19. The highest BCUT2D eigenvalue weighted by Crippen LogP contribution is 2.30. The number of carbonyl (C=O) groups is 1. The van der Waals surface area contributed by atoms with Crippen LogP contribution in [0.1, 0.15) is 27.9 Å². The van der Waals surface area contributed by atoms with Gasteiger partial charge in [-0.15, -0.1) is 0 Å².